The predicted molar refractivity (Wildman–Crippen MR) is 76.1 cm³/mol. The van der Waals surface area contributed by atoms with Gasteiger partial charge < -0.3 is 9.73 Å². The van der Waals surface area contributed by atoms with E-state index < -0.39 is 0 Å². The van der Waals surface area contributed by atoms with Crippen LogP contribution in [0, 0.1) is 6.92 Å². The van der Waals surface area contributed by atoms with E-state index in [1.54, 1.807) is 0 Å². The Balaban J connectivity index is 1.92. The first-order chi connectivity index (χ1) is 9.69. The molecular formula is C15H19N3O2. The van der Waals surface area contributed by atoms with E-state index in [0.29, 0.717) is 31.2 Å². The molecule has 0 aliphatic rings. The molecule has 5 heteroatoms. The van der Waals surface area contributed by atoms with Crippen LogP contribution in [0.4, 0.5) is 0 Å². The molecule has 2 aromatic rings. The second-order valence-corrected chi connectivity index (χ2v) is 4.72. The summed E-state index contributed by atoms with van der Waals surface area (Å²) in [4.78, 5) is 11.5. The third-order valence-electron chi connectivity index (χ3n) is 2.90. The Morgan fingerprint density at radius 3 is 2.70 bits per heavy atom. The van der Waals surface area contributed by atoms with Crippen LogP contribution in [0.1, 0.15) is 31.2 Å². The number of carbonyl (C=O) groups is 1. The van der Waals surface area contributed by atoms with Crippen LogP contribution in [0.25, 0.3) is 11.5 Å². The summed E-state index contributed by atoms with van der Waals surface area (Å²) in [5, 5.41) is 10.8. The molecule has 0 bridgehead atoms. The average molecular weight is 273 g/mol. The van der Waals surface area contributed by atoms with Crippen LogP contribution in [0.15, 0.2) is 28.7 Å². The Morgan fingerprint density at radius 2 is 2.00 bits per heavy atom. The van der Waals surface area contributed by atoms with Crippen molar-refractivity contribution < 1.29 is 9.21 Å². The van der Waals surface area contributed by atoms with E-state index in [1.807, 2.05) is 38.1 Å². The molecule has 1 aromatic heterocycles. The molecule has 0 saturated carbocycles. The van der Waals surface area contributed by atoms with Gasteiger partial charge in [0.1, 0.15) is 0 Å². The van der Waals surface area contributed by atoms with Crippen LogP contribution in [0.2, 0.25) is 0 Å². The molecule has 0 spiro atoms. The molecule has 0 atom stereocenters. The molecular weight excluding hydrogens is 254 g/mol. The van der Waals surface area contributed by atoms with Gasteiger partial charge in [-0.3, -0.25) is 4.79 Å². The highest BCUT2D eigenvalue weighted by atomic mass is 16.4. The number of aromatic nitrogens is 2. The maximum absolute atomic E-state index is 11.5. The third kappa shape index (κ3) is 3.91. The highest BCUT2D eigenvalue weighted by molar-refractivity contribution is 5.75. The van der Waals surface area contributed by atoms with Crippen LogP contribution in [-0.2, 0) is 11.2 Å². The van der Waals surface area contributed by atoms with Crippen molar-refractivity contribution in [2.24, 2.45) is 0 Å². The molecule has 1 aromatic carbocycles. The van der Waals surface area contributed by atoms with Gasteiger partial charge in [0.15, 0.2) is 0 Å². The van der Waals surface area contributed by atoms with Crippen molar-refractivity contribution in [2.45, 2.75) is 33.1 Å². The summed E-state index contributed by atoms with van der Waals surface area (Å²) in [6.45, 7) is 4.75. The van der Waals surface area contributed by atoms with E-state index in [9.17, 15) is 4.79 Å². The highest BCUT2D eigenvalue weighted by Gasteiger charge is 2.10. The number of amides is 1. The SMILES string of the molecule is CCCNC(=O)CCc1nnc(-c2ccc(C)cc2)o1. The van der Waals surface area contributed by atoms with Crippen LogP contribution >= 0.6 is 0 Å². The molecule has 0 saturated heterocycles. The van der Waals surface area contributed by atoms with Crippen molar-refractivity contribution >= 4 is 5.91 Å². The monoisotopic (exact) mass is 273 g/mol. The Bertz CT molecular complexity index is 561. The molecule has 1 heterocycles. The molecule has 1 amide bonds. The van der Waals surface area contributed by atoms with Gasteiger partial charge >= 0.3 is 0 Å². The fraction of sp³-hybridized carbons (Fsp3) is 0.400. The number of nitrogens with zero attached hydrogens (tertiary/aromatic N) is 2. The van der Waals surface area contributed by atoms with Gasteiger partial charge in [-0.2, -0.15) is 0 Å². The summed E-state index contributed by atoms with van der Waals surface area (Å²) in [5.41, 5.74) is 2.07. The van der Waals surface area contributed by atoms with Gasteiger partial charge in [-0.25, -0.2) is 0 Å². The van der Waals surface area contributed by atoms with Gasteiger partial charge in [-0.05, 0) is 25.5 Å². The zero-order valence-corrected chi connectivity index (χ0v) is 11.8. The molecule has 0 radical (unpaired) electrons. The summed E-state index contributed by atoms with van der Waals surface area (Å²) < 4.78 is 5.56. The van der Waals surface area contributed by atoms with Gasteiger partial charge in [0.05, 0.1) is 0 Å². The quantitative estimate of drug-likeness (QED) is 0.878. The van der Waals surface area contributed by atoms with Crippen molar-refractivity contribution in [1.82, 2.24) is 15.5 Å². The second-order valence-electron chi connectivity index (χ2n) is 4.72. The van der Waals surface area contributed by atoms with E-state index in [4.69, 9.17) is 4.42 Å². The smallest absolute Gasteiger partial charge is 0.247 e. The summed E-state index contributed by atoms with van der Waals surface area (Å²) in [7, 11) is 0. The maximum Gasteiger partial charge on any atom is 0.247 e. The van der Waals surface area contributed by atoms with Gasteiger partial charge in [0, 0.05) is 24.9 Å². The van der Waals surface area contributed by atoms with Crippen LogP contribution in [0.5, 0.6) is 0 Å². The van der Waals surface area contributed by atoms with E-state index in [-0.39, 0.29) is 5.91 Å². The molecule has 0 aliphatic heterocycles. The topological polar surface area (TPSA) is 68.0 Å². The zero-order chi connectivity index (χ0) is 14.4. The van der Waals surface area contributed by atoms with Crippen molar-refractivity contribution in [3.8, 4) is 11.5 Å². The summed E-state index contributed by atoms with van der Waals surface area (Å²) in [5.74, 6) is 1.00. The van der Waals surface area contributed by atoms with E-state index >= 15 is 0 Å². The van der Waals surface area contributed by atoms with Gasteiger partial charge in [0.25, 0.3) is 0 Å². The molecule has 0 unspecified atom stereocenters. The van der Waals surface area contributed by atoms with Crippen LogP contribution in [0.3, 0.4) is 0 Å². The first kappa shape index (κ1) is 14.2. The summed E-state index contributed by atoms with van der Waals surface area (Å²) in [6.07, 6.45) is 1.77. The Labute approximate surface area is 118 Å². The molecule has 0 fully saturated rings. The Hall–Kier alpha value is -2.17. The lowest BCUT2D eigenvalue weighted by Gasteiger charge is -2.00. The standard InChI is InChI=1S/C15H19N3O2/c1-3-10-16-13(19)8-9-14-17-18-15(20-14)12-6-4-11(2)5-7-12/h4-7H,3,8-10H2,1-2H3,(H,16,19). The molecule has 2 rings (SSSR count). The van der Waals surface area contributed by atoms with E-state index in [2.05, 4.69) is 15.5 Å². The first-order valence-electron chi connectivity index (χ1n) is 6.85. The Morgan fingerprint density at radius 1 is 1.25 bits per heavy atom. The molecule has 106 valence electrons. The fourth-order valence-corrected chi connectivity index (χ4v) is 1.74. The molecule has 5 nitrogen and oxygen atoms in total. The molecule has 1 N–H and O–H groups in total. The second kappa shape index (κ2) is 6.84. The van der Waals surface area contributed by atoms with E-state index in [0.717, 1.165) is 12.0 Å². The summed E-state index contributed by atoms with van der Waals surface area (Å²) in [6, 6.07) is 7.88. The number of carbonyl (C=O) groups excluding carboxylic acids is 1. The molecule has 0 aliphatic carbocycles. The lowest BCUT2D eigenvalue weighted by Crippen LogP contribution is -2.24. The third-order valence-corrected chi connectivity index (χ3v) is 2.90. The minimum atomic E-state index is 0.0157. The van der Waals surface area contributed by atoms with Crippen molar-refractivity contribution in [3.63, 3.8) is 0 Å². The van der Waals surface area contributed by atoms with Gasteiger partial charge in [-0.1, -0.05) is 24.6 Å². The number of rotatable bonds is 6. The minimum Gasteiger partial charge on any atom is -0.421 e. The predicted octanol–water partition coefficient (Wildman–Crippen LogP) is 2.50. The van der Waals surface area contributed by atoms with Crippen molar-refractivity contribution in [3.05, 3.63) is 35.7 Å². The lowest BCUT2D eigenvalue weighted by atomic mass is 10.1. The fourth-order valence-electron chi connectivity index (χ4n) is 1.74. The summed E-state index contributed by atoms with van der Waals surface area (Å²) >= 11 is 0. The maximum atomic E-state index is 11.5. The van der Waals surface area contributed by atoms with E-state index in [1.165, 1.54) is 5.56 Å². The normalized spacial score (nSPS) is 10.5. The highest BCUT2D eigenvalue weighted by Crippen LogP contribution is 2.18. The number of nitrogens with one attached hydrogen (secondary N) is 1. The lowest BCUT2D eigenvalue weighted by molar-refractivity contribution is -0.121. The van der Waals surface area contributed by atoms with Crippen LogP contribution < -0.4 is 5.32 Å². The first-order valence-corrected chi connectivity index (χ1v) is 6.85. The largest absolute Gasteiger partial charge is 0.421 e. The average Bonchev–Trinajstić information content (AvgIpc) is 2.92. The zero-order valence-electron chi connectivity index (χ0n) is 11.8. The van der Waals surface area contributed by atoms with Crippen molar-refractivity contribution in [2.75, 3.05) is 6.54 Å². The minimum absolute atomic E-state index is 0.0157. The van der Waals surface area contributed by atoms with Gasteiger partial charge in [-0.15, -0.1) is 10.2 Å². The Kier molecular flexibility index (Phi) is 4.87. The number of aryl methyl sites for hydroxylation is 2. The van der Waals surface area contributed by atoms with Crippen LogP contribution in [-0.4, -0.2) is 22.6 Å². The number of hydrogen-bond donors (Lipinski definition) is 1. The number of hydrogen-bond acceptors (Lipinski definition) is 4. The number of benzene rings is 1. The van der Waals surface area contributed by atoms with Crippen molar-refractivity contribution in [1.29, 1.82) is 0 Å². The molecule has 20 heavy (non-hydrogen) atoms. The van der Waals surface area contributed by atoms with Gasteiger partial charge in [0.2, 0.25) is 17.7 Å².